The first kappa shape index (κ1) is 21.2. The summed E-state index contributed by atoms with van der Waals surface area (Å²) in [5.74, 6) is 0.0325. The number of rotatable bonds is 7. The SMILES string of the molecule is CCCOc1ccc(Br)cc1C(=O)NNC(=O)COc1ccc(C)cc1Br. The van der Waals surface area contributed by atoms with E-state index in [1.165, 1.54) is 0 Å². The van der Waals surface area contributed by atoms with Gasteiger partial charge in [0.15, 0.2) is 6.61 Å². The van der Waals surface area contributed by atoms with E-state index >= 15 is 0 Å². The standard InChI is InChI=1S/C19H20Br2N2O4/c1-3-8-26-16-7-5-13(20)10-14(16)19(25)23-22-18(24)11-27-17-6-4-12(2)9-15(17)21/h4-7,9-10H,3,8,11H2,1-2H3,(H,22,24)(H,23,25). The first-order valence-corrected chi connectivity index (χ1v) is 9.89. The van der Waals surface area contributed by atoms with E-state index < -0.39 is 11.8 Å². The number of aryl methyl sites for hydroxylation is 1. The molecule has 2 aromatic carbocycles. The van der Waals surface area contributed by atoms with Crippen LogP contribution in [0.25, 0.3) is 0 Å². The van der Waals surface area contributed by atoms with E-state index in [1.54, 1.807) is 24.3 Å². The molecule has 144 valence electrons. The number of halogens is 2. The van der Waals surface area contributed by atoms with Crippen LogP contribution < -0.4 is 20.3 Å². The molecule has 0 unspecified atom stereocenters. The topological polar surface area (TPSA) is 76.7 Å². The predicted octanol–water partition coefficient (Wildman–Crippen LogP) is 4.15. The van der Waals surface area contributed by atoms with E-state index in [0.717, 1.165) is 20.9 Å². The number of hydrogen-bond acceptors (Lipinski definition) is 4. The third-order valence-electron chi connectivity index (χ3n) is 3.41. The minimum absolute atomic E-state index is 0.236. The lowest BCUT2D eigenvalue weighted by molar-refractivity contribution is -0.123. The summed E-state index contributed by atoms with van der Waals surface area (Å²) in [6.45, 7) is 4.19. The molecule has 2 amide bonds. The van der Waals surface area contributed by atoms with Crippen LogP contribution in [0.5, 0.6) is 11.5 Å². The summed E-state index contributed by atoms with van der Waals surface area (Å²) in [6, 6.07) is 10.7. The summed E-state index contributed by atoms with van der Waals surface area (Å²) < 4.78 is 12.5. The first-order chi connectivity index (χ1) is 12.9. The molecule has 0 saturated heterocycles. The highest BCUT2D eigenvalue weighted by Gasteiger charge is 2.14. The van der Waals surface area contributed by atoms with Crippen molar-refractivity contribution in [1.29, 1.82) is 0 Å². The van der Waals surface area contributed by atoms with E-state index in [9.17, 15) is 9.59 Å². The van der Waals surface area contributed by atoms with Gasteiger partial charge in [0, 0.05) is 4.47 Å². The zero-order valence-electron chi connectivity index (χ0n) is 15.0. The Hall–Kier alpha value is -2.06. The van der Waals surface area contributed by atoms with Gasteiger partial charge in [-0.15, -0.1) is 0 Å². The van der Waals surface area contributed by atoms with Gasteiger partial charge in [0.25, 0.3) is 11.8 Å². The van der Waals surface area contributed by atoms with Crippen molar-refractivity contribution in [2.24, 2.45) is 0 Å². The van der Waals surface area contributed by atoms with Gasteiger partial charge < -0.3 is 9.47 Å². The minimum atomic E-state index is -0.484. The van der Waals surface area contributed by atoms with Gasteiger partial charge >= 0.3 is 0 Å². The van der Waals surface area contributed by atoms with Crippen LogP contribution in [0.2, 0.25) is 0 Å². The molecule has 0 radical (unpaired) electrons. The normalized spacial score (nSPS) is 10.2. The highest BCUT2D eigenvalue weighted by atomic mass is 79.9. The van der Waals surface area contributed by atoms with E-state index in [-0.39, 0.29) is 6.61 Å². The van der Waals surface area contributed by atoms with Crippen molar-refractivity contribution in [1.82, 2.24) is 10.9 Å². The maximum absolute atomic E-state index is 12.4. The molecule has 0 aliphatic rings. The van der Waals surface area contributed by atoms with Crippen LogP contribution in [0.15, 0.2) is 45.3 Å². The number of amides is 2. The maximum atomic E-state index is 12.4. The van der Waals surface area contributed by atoms with Gasteiger partial charge in [-0.3, -0.25) is 20.4 Å². The summed E-state index contributed by atoms with van der Waals surface area (Å²) >= 11 is 6.71. The van der Waals surface area contributed by atoms with Gasteiger partial charge in [-0.2, -0.15) is 0 Å². The molecule has 0 aliphatic carbocycles. The van der Waals surface area contributed by atoms with E-state index in [2.05, 4.69) is 42.7 Å². The lowest BCUT2D eigenvalue weighted by Gasteiger charge is -2.13. The average molecular weight is 500 g/mol. The summed E-state index contributed by atoms with van der Waals surface area (Å²) in [6.07, 6.45) is 0.819. The quantitative estimate of drug-likeness (QED) is 0.561. The van der Waals surface area contributed by atoms with Crippen LogP contribution in [-0.4, -0.2) is 25.0 Å². The molecule has 0 aromatic heterocycles. The fourth-order valence-electron chi connectivity index (χ4n) is 2.11. The molecule has 6 nitrogen and oxygen atoms in total. The molecular formula is C19H20Br2N2O4. The number of nitrogens with one attached hydrogen (secondary N) is 2. The maximum Gasteiger partial charge on any atom is 0.276 e. The number of hydrogen-bond donors (Lipinski definition) is 2. The molecule has 0 heterocycles. The number of hydrazine groups is 1. The van der Waals surface area contributed by atoms with Crippen molar-refractivity contribution >= 4 is 43.7 Å². The number of ether oxygens (including phenoxy) is 2. The Labute approximate surface area is 174 Å². The molecule has 27 heavy (non-hydrogen) atoms. The van der Waals surface area contributed by atoms with Gasteiger partial charge in [0.2, 0.25) is 0 Å². The second-order valence-corrected chi connectivity index (χ2v) is 7.48. The number of carbonyl (C=O) groups is 2. The van der Waals surface area contributed by atoms with Gasteiger partial charge in [0.1, 0.15) is 11.5 Å². The lowest BCUT2D eigenvalue weighted by atomic mass is 10.2. The van der Waals surface area contributed by atoms with Crippen molar-refractivity contribution in [2.45, 2.75) is 20.3 Å². The molecular weight excluding hydrogens is 480 g/mol. The molecule has 2 rings (SSSR count). The minimum Gasteiger partial charge on any atom is -0.493 e. The predicted molar refractivity (Wildman–Crippen MR) is 110 cm³/mol. The van der Waals surface area contributed by atoms with Gasteiger partial charge in [-0.05, 0) is 65.2 Å². The Morgan fingerprint density at radius 3 is 2.44 bits per heavy atom. The van der Waals surface area contributed by atoms with Gasteiger partial charge in [0.05, 0.1) is 16.6 Å². The molecule has 0 fully saturated rings. The third-order valence-corrected chi connectivity index (χ3v) is 4.52. The molecule has 8 heteroatoms. The fraction of sp³-hybridized carbons (Fsp3) is 0.263. The van der Waals surface area contributed by atoms with Crippen LogP contribution in [0.1, 0.15) is 29.3 Å². The first-order valence-electron chi connectivity index (χ1n) is 8.31. The Morgan fingerprint density at radius 1 is 1.00 bits per heavy atom. The molecule has 0 bridgehead atoms. The molecule has 2 aromatic rings. The largest absolute Gasteiger partial charge is 0.493 e. The third kappa shape index (κ3) is 6.55. The van der Waals surface area contributed by atoms with Crippen LogP contribution >= 0.6 is 31.9 Å². The zero-order chi connectivity index (χ0) is 19.8. The second-order valence-electron chi connectivity index (χ2n) is 5.71. The van der Waals surface area contributed by atoms with Gasteiger partial charge in [-0.1, -0.05) is 28.9 Å². The highest BCUT2D eigenvalue weighted by Crippen LogP contribution is 2.25. The highest BCUT2D eigenvalue weighted by molar-refractivity contribution is 9.10. The van der Waals surface area contributed by atoms with Crippen LogP contribution in [-0.2, 0) is 4.79 Å². The van der Waals surface area contributed by atoms with Crippen LogP contribution in [0.3, 0.4) is 0 Å². The Kier molecular flexibility index (Phi) is 8.12. The molecule has 0 spiro atoms. The zero-order valence-corrected chi connectivity index (χ0v) is 18.1. The monoisotopic (exact) mass is 498 g/mol. The summed E-state index contributed by atoms with van der Waals surface area (Å²) in [5, 5.41) is 0. The molecule has 0 aliphatic heterocycles. The van der Waals surface area contributed by atoms with E-state index in [4.69, 9.17) is 9.47 Å². The van der Waals surface area contributed by atoms with E-state index in [0.29, 0.717) is 23.7 Å². The van der Waals surface area contributed by atoms with Crippen molar-refractivity contribution < 1.29 is 19.1 Å². The second kappa shape index (κ2) is 10.3. The molecule has 0 atom stereocenters. The fourth-order valence-corrected chi connectivity index (χ4v) is 3.08. The Balaban J connectivity index is 1.91. The smallest absolute Gasteiger partial charge is 0.276 e. The van der Waals surface area contributed by atoms with Crippen LogP contribution in [0.4, 0.5) is 0 Å². The van der Waals surface area contributed by atoms with Crippen molar-refractivity contribution in [3.8, 4) is 11.5 Å². The van der Waals surface area contributed by atoms with E-state index in [1.807, 2.05) is 26.0 Å². The average Bonchev–Trinajstić information content (AvgIpc) is 2.64. The Morgan fingerprint density at radius 2 is 1.74 bits per heavy atom. The van der Waals surface area contributed by atoms with Crippen LogP contribution in [0, 0.1) is 6.92 Å². The van der Waals surface area contributed by atoms with Gasteiger partial charge in [-0.25, -0.2) is 0 Å². The molecule has 2 N–H and O–H groups in total. The number of carbonyl (C=O) groups excluding carboxylic acids is 2. The summed E-state index contributed by atoms with van der Waals surface area (Å²) in [7, 11) is 0. The summed E-state index contributed by atoms with van der Waals surface area (Å²) in [5.41, 5.74) is 6.10. The van der Waals surface area contributed by atoms with Crippen molar-refractivity contribution in [3.05, 3.63) is 56.5 Å². The molecule has 0 saturated carbocycles. The lowest BCUT2D eigenvalue weighted by Crippen LogP contribution is -2.44. The number of benzene rings is 2. The van der Waals surface area contributed by atoms with Crippen molar-refractivity contribution in [2.75, 3.05) is 13.2 Å². The van der Waals surface area contributed by atoms with Crippen molar-refractivity contribution in [3.63, 3.8) is 0 Å². The Bertz CT molecular complexity index is 827. The summed E-state index contributed by atoms with van der Waals surface area (Å²) in [4.78, 5) is 24.3.